The van der Waals surface area contributed by atoms with E-state index in [1.54, 1.807) is 31.4 Å². The molecule has 0 radical (unpaired) electrons. The monoisotopic (exact) mass is 277 g/mol. The molecule has 0 aromatic heterocycles. The summed E-state index contributed by atoms with van der Waals surface area (Å²) in [4.78, 5) is 0. The van der Waals surface area contributed by atoms with Crippen molar-refractivity contribution in [3.8, 4) is 17.9 Å². The summed E-state index contributed by atoms with van der Waals surface area (Å²) in [6.07, 6.45) is 0. The third-order valence-corrected chi connectivity index (χ3v) is 3.14. The Bertz CT molecular complexity index is 693. The maximum absolute atomic E-state index is 8.94. The van der Waals surface area contributed by atoms with Gasteiger partial charge in [-0.1, -0.05) is 12.1 Å². The van der Waals surface area contributed by atoms with Gasteiger partial charge in [-0.15, -0.1) is 0 Å². The lowest BCUT2D eigenvalue weighted by Crippen LogP contribution is -2.13. The van der Waals surface area contributed by atoms with Crippen LogP contribution < -0.4 is 10.1 Å². The zero-order chi connectivity index (χ0) is 15.1. The van der Waals surface area contributed by atoms with Crippen molar-refractivity contribution < 1.29 is 4.74 Å². The van der Waals surface area contributed by atoms with Crippen molar-refractivity contribution in [3.05, 3.63) is 64.7 Å². The molecule has 0 unspecified atom stereocenters. The van der Waals surface area contributed by atoms with Crippen molar-refractivity contribution in [3.63, 3.8) is 0 Å². The van der Waals surface area contributed by atoms with E-state index in [1.165, 1.54) is 0 Å². The minimum absolute atomic E-state index is 0.610. The second-order valence-corrected chi connectivity index (χ2v) is 4.55. The van der Waals surface area contributed by atoms with Gasteiger partial charge in [0.2, 0.25) is 0 Å². The first-order valence-electron chi connectivity index (χ1n) is 6.53. The molecule has 0 heterocycles. The number of benzene rings is 2. The fraction of sp³-hybridized carbons (Fsp3) is 0.176. The van der Waals surface area contributed by atoms with Gasteiger partial charge in [0.15, 0.2) is 0 Å². The third kappa shape index (κ3) is 3.82. The summed E-state index contributed by atoms with van der Waals surface area (Å²) >= 11 is 0. The van der Waals surface area contributed by atoms with Crippen LogP contribution in [0.25, 0.3) is 0 Å². The lowest BCUT2D eigenvalue weighted by atomic mass is 10.1. The number of nitrogens with one attached hydrogen (secondary N) is 1. The van der Waals surface area contributed by atoms with E-state index in [2.05, 4.69) is 17.5 Å². The highest BCUT2D eigenvalue weighted by Gasteiger charge is 2.04. The van der Waals surface area contributed by atoms with Crippen LogP contribution >= 0.6 is 0 Å². The summed E-state index contributed by atoms with van der Waals surface area (Å²) in [5.41, 5.74) is 3.32. The van der Waals surface area contributed by atoms with E-state index in [0.29, 0.717) is 24.2 Å². The van der Waals surface area contributed by atoms with Crippen LogP contribution in [0.5, 0.6) is 5.75 Å². The third-order valence-electron chi connectivity index (χ3n) is 3.14. The van der Waals surface area contributed by atoms with E-state index >= 15 is 0 Å². The lowest BCUT2D eigenvalue weighted by Gasteiger charge is -2.10. The van der Waals surface area contributed by atoms with Gasteiger partial charge < -0.3 is 10.1 Å². The molecule has 0 aliphatic carbocycles. The summed E-state index contributed by atoms with van der Waals surface area (Å²) in [6.45, 7) is 1.30. The maximum atomic E-state index is 8.94. The number of hydrogen-bond acceptors (Lipinski definition) is 4. The Hall–Kier alpha value is -2.82. The van der Waals surface area contributed by atoms with Crippen molar-refractivity contribution in [2.24, 2.45) is 0 Å². The molecular formula is C17H15N3O. The SMILES string of the molecule is COc1ccc(C#N)cc1CNCc1ccc(C#N)cc1. The molecule has 2 aromatic carbocycles. The number of hydrogen-bond donors (Lipinski definition) is 1. The Morgan fingerprint density at radius 2 is 1.62 bits per heavy atom. The molecule has 2 rings (SSSR count). The quantitative estimate of drug-likeness (QED) is 0.912. The van der Waals surface area contributed by atoms with Crippen molar-refractivity contribution >= 4 is 0 Å². The summed E-state index contributed by atoms with van der Waals surface area (Å²) in [6, 6.07) is 17.0. The standard InChI is InChI=1S/C17H15N3O/c1-21-17-7-6-15(10-19)8-16(17)12-20-11-14-4-2-13(9-18)3-5-14/h2-8,20H,11-12H2,1H3. The molecule has 1 N–H and O–H groups in total. The Morgan fingerprint density at radius 1 is 0.952 bits per heavy atom. The van der Waals surface area contributed by atoms with Gasteiger partial charge in [0, 0.05) is 18.7 Å². The molecule has 0 bridgehead atoms. The van der Waals surface area contributed by atoms with E-state index in [4.69, 9.17) is 15.3 Å². The van der Waals surface area contributed by atoms with Gasteiger partial charge in [-0.25, -0.2) is 0 Å². The molecule has 0 saturated carbocycles. The van der Waals surface area contributed by atoms with Gasteiger partial charge in [-0.05, 0) is 35.9 Å². The molecule has 0 fully saturated rings. The highest BCUT2D eigenvalue weighted by Crippen LogP contribution is 2.19. The molecule has 0 amide bonds. The van der Waals surface area contributed by atoms with Gasteiger partial charge in [-0.3, -0.25) is 0 Å². The highest BCUT2D eigenvalue weighted by molar-refractivity contribution is 5.42. The van der Waals surface area contributed by atoms with Gasteiger partial charge in [-0.2, -0.15) is 10.5 Å². The average molecular weight is 277 g/mol. The van der Waals surface area contributed by atoms with Crippen molar-refractivity contribution in [2.45, 2.75) is 13.1 Å². The molecule has 0 aliphatic rings. The first-order chi connectivity index (χ1) is 10.3. The maximum Gasteiger partial charge on any atom is 0.123 e. The van der Waals surface area contributed by atoms with E-state index in [1.807, 2.05) is 18.2 Å². The summed E-state index contributed by atoms with van der Waals surface area (Å²) in [5, 5.41) is 21.0. The predicted octanol–water partition coefficient (Wildman–Crippen LogP) is 2.73. The Balaban J connectivity index is 1.99. The van der Waals surface area contributed by atoms with Gasteiger partial charge >= 0.3 is 0 Å². The molecule has 4 nitrogen and oxygen atoms in total. The van der Waals surface area contributed by atoms with Gasteiger partial charge in [0.1, 0.15) is 5.75 Å². The zero-order valence-electron chi connectivity index (χ0n) is 11.8. The number of rotatable bonds is 5. The van der Waals surface area contributed by atoms with Crippen LogP contribution in [0.2, 0.25) is 0 Å². The first-order valence-corrected chi connectivity index (χ1v) is 6.53. The second kappa shape index (κ2) is 7.09. The normalized spacial score (nSPS) is 9.67. The van der Waals surface area contributed by atoms with E-state index in [0.717, 1.165) is 16.9 Å². The fourth-order valence-electron chi connectivity index (χ4n) is 2.02. The topological polar surface area (TPSA) is 68.8 Å². The minimum atomic E-state index is 0.610. The first kappa shape index (κ1) is 14.6. The molecule has 0 aliphatic heterocycles. The number of ether oxygens (including phenoxy) is 1. The summed E-state index contributed by atoms with van der Waals surface area (Å²) < 4.78 is 5.29. The molecule has 0 saturated heterocycles. The zero-order valence-corrected chi connectivity index (χ0v) is 11.8. The van der Waals surface area contributed by atoms with Crippen LogP contribution in [0, 0.1) is 22.7 Å². The minimum Gasteiger partial charge on any atom is -0.496 e. The van der Waals surface area contributed by atoms with E-state index in [-0.39, 0.29) is 0 Å². The van der Waals surface area contributed by atoms with Crippen LogP contribution in [0.15, 0.2) is 42.5 Å². The van der Waals surface area contributed by atoms with Crippen LogP contribution in [-0.4, -0.2) is 7.11 Å². The Morgan fingerprint density at radius 3 is 2.24 bits per heavy atom. The van der Waals surface area contributed by atoms with E-state index in [9.17, 15) is 0 Å². The van der Waals surface area contributed by atoms with Crippen LogP contribution in [0.3, 0.4) is 0 Å². The smallest absolute Gasteiger partial charge is 0.123 e. The summed E-state index contributed by atoms with van der Waals surface area (Å²) in [5.74, 6) is 0.765. The largest absolute Gasteiger partial charge is 0.496 e. The van der Waals surface area contributed by atoms with Crippen LogP contribution in [0.4, 0.5) is 0 Å². The highest BCUT2D eigenvalue weighted by atomic mass is 16.5. The fourth-order valence-corrected chi connectivity index (χ4v) is 2.02. The van der Waals surface area contributed by atoms with Crippen molar-refractivity contribution in [2.75, 3.05) is 7.11 Å². The number of nitriles is 2. The van der Waals surface area contributed by atoms with E-state index < -0.39 is 0 Å². The van der Waals surface area contributed by atoms with Gasteiger partial charge in [0.05, 0.1) is 30.4 Å². The molecular weight excluding hydrogens is 262 g/mol. The molecule has 2 aromatic rings. The van der Waals surface area contributed by atoms with Crippen molar-refractivity contribution in [1.29, 1.82) is 10.5 Å². The van der Waals surface area contributed by atoms with Crippen LogP contribution in [0.1, 0.15) is 22.3 Å². The average Bonchev–Trinajstić information content (AvgIpc) is 2.55. The van der Waals surface area contributed by atoms with Crippen molar-refractivity contribution in [1.82, 2.24) is 5.32 Å². The number of methoxy groups -OCH3 is 1. The molecule has 0 atom stereocenters. The summed E-state index contributed by atoms with van der Waals surface area (Å²) in [7, 11) is 1.62. The molecule has 0 spiro atoms. The lowest BCUT2D eigenvalue weighted by molar-refractivity contribution is 0.407. The predicted molar refractivity (Wildman–Crippen MR) is 79.4 cm³/mol. The second-order valence-electron chi connectivity index (χ2n) is 4.55. The molecule has 104 valence electrons. The molecule has 21 heavy (non-hydrogen) atoms. The molecule has 4 heteroatoms. The Labute approximate surface area is 124 Å². The van der Waals surface area contributed by atoms with Crippen LogP contribution in [-0.2, 0) is 13.1 Å². The Kier molecular flexibility index (Phi) is 4.93. The number of nitrogens with zero attached hydrogens (tertiary/aromatic N) is 2. The van der Waals surface area contributed by atoms with Gasteiger partial charge in [0.25, 0.3) is 0 Å².